The van der Waals surface area contributed by atoms with Crippen LogP contribution in [0.25, 0.3) is 0 Å². The summed E-state index contributed by atoms with van der Waals surface area (Å²) in [7, 11) is 0. The van der Waals surface area contributed by atoms with E-state index in [1.54, 1.807) is 11.8 Å². The Hall–Kier alpha value is -2.98. The van der Waals surface area contributed by atoms with Gasteiger partial charge in [0, 0.05) is 36.9 Å². The Kier molecular flexibility index (Phi) is 8.93. The number of carbonyl (C=O) groups is 3. The van der Waals surface area contributed by atoms with Gasteiger partial charge in [-0.25, -0.2) is 4.98 Å². The van der Waals surface area contributed by atoms with Gasteiger partial charge in [0.2, 0.25) is 0 Å². The summed E-state index contributed by atoms with van der Waals surface area (Å²) in [6.45, 7) is 7.06. The maximum Gasteiger partial charge on any atom is 0.309 e. The lowest BCUT2D eigenvalue weighted by Gasteiger charge is -2.30. The minimum atomic E-state index is -0.169. The van der Waals surface area contributed by atoms with Crippen LogP contribution in [0.5, 0.6) is 0 Å². The van der Waals surface area contributed by atoms with E-state index >= 15 is 0 Å². The number of ether oxygens (including phenoxy) is 1. The monoisotopic (exact) mass is 528 g/mol. The van der Waals surface area contributed by atoms with Crippen LogP contribution in [0.4, 0.5) is 0 Å². The number of esters is 1. The molecule has 0 spiro atoms. The van der Waals surface area contributed by atoms with Crippen LogP contribution < -0.4 is 0 Å². The van der Waals surface area contributed by atoms with Crippen LogP contribution in [0.1, 0.15) is 64.0 Å². The van der Waals surface area contributed by atoms with Crippen molar-refractivity contribution < 1.29 is 19.1 Å². The standard InChI is InChI=1S/C26H32N4O4S2/c1-3-11-30(25(32)22-8-6-15-35-22)16-20-7-5-12-29(20)17-23-27-21(18-36-23)24(31)28-13-9-19(10-14-28)26(33)34-4-2/h5-8,12,15,18-19H,3-4,9-11,13-14,16-17H2,1-2H3. The molecule has 4 rings (SSSR count). The lowest BCUT2D eigenvalue weighted by molar-refractivity contribution is -0.149. The molecular formula is C26H32N4O4S2. The van der Waals surface area contributed by atoms with E-state index in [1.807, 2.05) is 46.1 Å². The molecule has 1 fully saturated rings. The number of amides is 2. The third-order valence-corrected chi connectivity index (χ3v) is 7.96. The number of hydrogen-bond acceptors (Lipinski definition) is 7. The van der Waals surface area contributed by atoms with E-state index in [0.29, 0.717) is 57.9 Å². The number of aromatic nitrogens is 2. The number of thiazole rings is 1. The Labute approximate surface area is 219 Å². The first-order valence-corrected chi connectivity index (χ1v) is 14.1. The topological polar surface area (TPSA) is 84.7 Å². The molecule has 3 aromatic rings. The van der Waals surface area contributed by atoms with E-state index in [1.165, 1.54) is 22.7 Å². The van der Waals surface area contributed by atoms with Gasteiger partial charge in [-0.15, -0.1) is 22.7 Å². The van der Waals surface area contributed by atoms with Crippen molar-refractivity contribution in [2.45, 2.75) is 46.2 Å². The highest BCUT2D eigenvalue weighted by Gasteiger charge is 2.29. The molecule has 0 bridgehead atoms. The Bertz CT molecular complexity index is 1160. The average Bonchev–Trinajstić information content (AvgIpc) is 3.67. The molecule has 1 aliphatic heterocycles. The van der Waals surface area contributed by atoms with Crippen molar-refractivity contribution in [2.24, 2.45) is 5.92 Å². The summed E-state index contributed by atoms with van der Waals surface area (Å²) in [4.78, 5) is 46.9. The maximum atomic E-state index is 13.0. The van der Waals surface area contributed by atoms with Gasteiger partial charge in [0.25, 0.3) is 11.8 Å². The molecule has 0 aliphatic carbocycles. The van der Waals surface area contributed by atoms with Crippen molar-refractivity contribution in [3.8, 4) is 0 Å². The smallest absolute Gasteiger partial charge is 0.309 e. The zero-order valence-corrected chi connectivity index (χ0v) is 22.4. The van der Waals surface area contributed by atoms with E-state index in [0.717, 1.165) is 22.0 Å². The Morgan fingerprint density at radius 2 is 1.94 bits per heavy atom. The SMILES string of the molecule is CCCN(Cc1cccn1Cc1nc(C(=O)N2CCC(C(=O)OCC)CC2)cs1)C(=O)c1cccs1. The number of thiophene rings is 1. The molecular weight excluding hydrogens is 496 g/mol. The van der Waals surface area contributed by atoms with E-state index in [2.05, 4.69) is 16.5 Å². The number of carbonyl (C=O) groups excluding carboxylic acids is 3. The van der Waals surface area contributed by atoms with Crippen LogP contribution >= 0.6 is 22.7 Å². The molecule has 1 saturated heterocycles. The van der Waals surface area contributed by atoms with Crippen LogP contribution in [0.2, 0.25) is 0 Å². The third-order valence-electron chi connectivity index (χ3n) is 6.27. The highest BCUT2D eigenvalue weighted by molar-refractivity contribution is 7.12. The molecule has 36 heavy (non-hydrogen) atoms. The number of hydrogen-bond donors (Lipinski definition) is 0. The predicted octanol–water partition coefficient (Wildman–Crippen LogP) is 4.52. The predicted molar refractivity (Wildman–Crippen MR) is 140 cm³/mol. The second kappa shape index (κ2) is 12.3. The first-order chi connectivity index (χ1) is 17.5. The molecule has 10 heteroatoms. The van der Waals surface area contributed by atoms with Crippen molar-refractivity contribution in [3.05, 3.63) is 62.5 Å². The second-order valence-electron chi connectivity index (χ2n) is 8.78. The minimum Gasteiger partial charge on any atom is -0.466 e. The summed E-state index contributed by atoms with van der Waals surface area (Å²) < 4.78 is 7.20. The van der Waals surface area contributed by atoms with Gasteiger partial charge in [-0.3, -0.25) is 14.4 Å². The van der Waals surface area contributed by atoms with Crippen LogP contribution in [0.3, 0.4) is 0 Å². The first kappa shape index (κ1) is 26.1. The molecule has 8 nitrogen and oxygen atoms in total. The molecule has 2 amide bonds. The molecule has 0 aromatic carbocycles. The van der Waals surface area contributed by atoms with Crippen LogP contribution in [-0.2, 0) is 22.6 Å². The third kappa shape index (κ3) is 6.22. The Balaban J connectivity index is 1.37. The van der Waals surface area contributed by atoms with Crippen LogP contribution in [-0.4, -0.2) is 63.4 Å². The fourth-order valence-electron chi connectivity index (χ4n) is 4.39. The molecule has 0 unspecified atom stereocenters. The zero-order valence-electron chi connectivity index (χ0n) is 20.7. The van der Waals surface area contributed by atoms with Crippen LogP contribution in [0, 0.1) is 5.92 Å². The minimum absolute atomic E-state index is 0.0495. The molecule has 0 N–H and O–H groups in total. The normalized spacial score (nSPS) is 14.1. The summed E-state index contributed by atoms with van der Waals surface area (Å²) in [5.41, 5.74) is 1.47. The van der Waals surface area contributed by atoms with Gasteiger partial charge in [-0.05, 0) is 49.8 Å². The first-order valence-electron chi connectivity index (χ1n) is 12.4. The van der Waals surface area contributed by atoms with E-state index in [9.17, 15) is 14.4 Å². The van der Waals surface area contributed by atoms with Crippen LogP contribution in [0.15, 0.2) is 41.2 Å². The van der Waals surface area contributed by atoms with Crippen molar-refractivity contribution in [2.75, 3.05) is 26.2 Å². The highest BCUT2D eigenvalue weighted by atomic mass is 32.1. The summed E-state index contributed by atoms with van der Waals surface area (Å²) in [5.74, 6) is -0.347. The molecule has 0 radical (unpaired) electrons. The van der Waals surface area contributed by atoms with Crippen molar-refractivity contribution >= 4 is 40.5 Å². The van der Waals surface area contributed by atoms with E-state index in [-0.39, 0.29) is 23.7 Å². The molecule has 0 saturated carbocycles. The van der Waals surface area contributed by atoms with Gasteiger partial charge in [-0.1, -0.05) is 13.0 Å². The Morgan fingerprint density at radius 3 is 2.64 bits per heavy atom. The van der Waals surface area contributed by atoms with E-state index < -0.39 is 0 Å². The lowest BCUT2D eigenvalue weighted by atomic mass is 9.97. The molecule has 0 atom stereocenters. The lowest BCUT2D eigenvalue weighted by Crippen LogP contribution is -2.40. The largest absolute Gasteiger partial charge is 0.466 e. The summed E-state index contributed by atoms with van der Waals surface area (Å²) in [5, 5.41) is 4.57. The van der Waals surface area contributed by atoms with Crippen molar-refractivity contribution in [3.63, 3.8) is 0 Å². The van der Waals surface area contributed by atoms with Gasteiger partial charge in [0.1, 0.15) is 10.7 Å². The molecule has 192 valence electrons. The van der Waals surface area contributed by atoms with Gasteiger partial charge >= 0.3 is 5.97 Å². The van der Waals surface area contributed by atoms with Gasteiger partial charge < -0.3 is 19.1 Å². The van der Waals surface area contributed by atoms with Gasteiger partial charge in [0.15, 0.2) is 0 Å². The van der Waals surface area contributed by atoms with Crippen molar-refractivity contribution in [1.29, 1.82) is 0 Å². The summed E-state index contributed by atoms with van der Waals surface area (Å²) >= 11 is 2.92. The fraction of sp³-hybridized carbons (Fsp3) is 0.462. The van der Waals surface area contributed by atoms with Gasteiger partial charge in [0.05, 0.1) is 30.5 Å². The molecule has 3 aromatic heterocycles. The van der Waals surface area contributed by atoms with Gasteiger partial charge in [-0.2, -0.15) is 0 Å². The Morgan fingerprint density at radius 1 is 1.14 bits per heavy atom. The number of piperidine rings is 1. The summed E-state index contributed by atoms with van der Waals surface area (Å²) in [6, 6.07) is 7.76. The fourth-order valence-corrected chi connectivity index (χ4v) is 5.85. The number of rotatable bonds is 10. The number of likely N-dealkylation sites (tertiary alicyclic amines) is 1. The summed E-state index contributed by atoms with van der Waals surface area (Å²) in [6.07, 6.45) is 4.10. The molecule has 4 heterocycles. The second-order valence-corrected chi connectivity index (χ2v) is 10.7. The average molecular weight is 529 g/mol. The maximum absolute atomic E-state index is 13.0. The molecule has 1 aliphatic rings. The quantitative estimate of drug-likeness (QED) is 0.361. The highest BCUT2D eigenvalue weighted by Crippen LogP contribution is 2.22. The number of nitrogens with zero attached hydrogens (tertiary/aromatic N) is 4. The zero-order chi connectivity index (χ0) is 25.5. The van der Waals surface area contributed by atoms with E-state index in [4.69, 9.17) is 4.74 Å². The van der Waals surface area contributed by atoms with Crippen molar-refractivity contribution in [1.82, 2.24) is 19.4 Å².